The number of fused-ring (bicyclic) bond motifs is 2. The number of nitrogens with zero attached hydrogens (tertiary/aromatic N) is 5. The fraction of sp³-hybridized carbons (Fsp3) is 0.314. The number of ether oxygens (including phenoxy) is 2. The summed E-state index contributed by atoms with van der Waals surface area (Å²) in [4.78, 5) is 23.8. The van der Waals surface area contributed by atoms with E-state index >= 15 is 0 Å². The Morgan fingerprint density at radius 2 is 1.82 bits per heavy atom. The summed E-state index contributed by atoms with van der Waals surface area (Å²) in [6.45, 7) is 4.36. The van der Waals surface area contributed by atoms with Crippen LogP contribution in [0.3, 0.4) is 0 Å². The van der Waals surface area contributed by atoms with Gasteiger partial charge in [-0.3, -0.25) is 4.90 Å². The third kappa shape index (κ3) is 5.62. The molecule has 222 valence electrons. The summed E-state index contributed by atoms with van der Waals surface area (Å²) < 4.78 is 14.0. The Balaban J connectivity index is 1.01. The number of carboxylic acids is 1. The van der Waals surface area contributed by atoms with Gasteiger partial charge in [0.05, 0.1) is 47.4 Å². The number of aromatic carboxylic acids is 1. The number of nitriles is 1. The molecule has 7 rings (SSSR count). The van der Waals surface area contributed by atoms with Gasteiger partial charge in [0.25, 0.3) is 0 Å². The number of aromatic nitrogens is 3. The number of rotatable bonds is 9. The molecule has 0 amide bonds. The molecule has 3 aromatic carbocycles. The molecule has 2 saturated heterocycles. The fourth-order valence-electron chi connectivity index (χ4n) is 6.32. The molecular formula is C35H33N5O4. The highest BCUT2D eigenvalue weighted by molar-refractivity contribution is 5.92. The molecule has 0 aliphatic carbocycles. The monoisotopic (exact) mass is 587 g/mol. The van der Waals surface area contributed by atoms with Crippen LogP contribution in [0.1, 0.15) is 58.2 Å². The Morgan fingerprint density at radius 1 is 1.00 bits per heavy atom. The molecule has 9 nitrogen and oxygen atoms in total. The first kappa shape index (κ1) is 28.0. The number of benzene rings is 3. The number of hydrogen-bond donors (Lipinski definition) is 1. The summed E-state index contributed by atoms with van der Waals surface area (Å²) in [5, 5.41) is 21.0. The van der Waals surface area contributed by atoms with E-state index in [9.17, 15) is 15.2 Å². The van der Waals surface area contributed by atoms with E-state index in [4.69, 9.17) is 19.4 Å². The maximum atomic E-state index is 11.6. The van der Waals surface area contributed by atoms with Crippen LogP contribution in [0.2, 0.25) is 0 Å². The summed E-state index contributed by atoms with van der Waals surface area (Å²) in [5.41, 5.74) is 4.66. The van der Waals surface area contributed by atoms with Gasteiger partial charge in [-0.05, 0) is 79.0 Å². The predicted octanol–water partition coefficient (Wildman–Crippen LogP) is 5.90. The summed E-state index contributed by atoms with van der Waals surface area (Å²) in [6.07, 6.45) is 3.10. The molecule has 4 heterocycles. The lowest BCUT2D eigenvalue weighted by molar-refractivity contribution is -0.0592. The van der Waals surface area contributed by atoms with E-state index in [2.05, 4.69) is 21.6 Å². The first-order chi connectivity index (χ1) is 21.6. The Bertz CT molecular complexity index is 1880. The minimum absolute atomic E-state index is 0.140. The van der Waals surface area contributed by atoms with Crippen molar-refractivity contribution >= 4 is 27.8 Å². The second kappa shape index (κ2) is 12.1. The van der Waals surface area contributed by atoms with Crippen molar-refractivity contribution in [2.24, 2.45) is 0 Å². The maximum Gasteiger partial charge on any atom is 0.335 e. The van der Waals surface area contributed by atoms with Crippen LogP contribution in [-0.2, 0) is 24.4 Å². The normalized spacial score (nSPS) is 17.4. The maximum absolute atomic E-state index is 11.6. The van der Waals surface area contributed by atoms with Gasteiger partial charge in [0, 0.05) is 24.3 Å². The number of likely N-dealkylation sites (tertiary alicyclic amines) is 1. The zero-order valence-corrected chi connectivity index (χ0v) is 24.4. The largest absolute Gasteiger partial charge is 0.478 e. The van der Waals surface area contributed by atoms with Crippen molar-refractivity contribution in [3.63, 3.8) is 0 Å². The second-order valence-corrected chi connectivity index (χ2v) is 11.6. The molecule has 2 aliphatic rings. The second-order valence-electron chi connectivity index (χ2n) is 11.6. The lowest BCUT2D eigenvalue weighted by Crippen LogP contribution is -2.35. The average molecular weight is 588 g/mol. The third-order valence-corrected chi connectivity index (χ3v) is 8.88. The molecular weight excluding hydrogens is 554 g/mol. The van der Waals surface area contributed by atoms with Crippen LogP contribution >= 0.6 is 0 Å². The zero-order chi connectivity index (χ0) is 30.0. The van der Waals surface area contributed by atoms with Crippen LogP contribution in [0, 0.1) is 11.3 Å². The van der Waals surface area contributed by atoms with Crippen LogP contribution < -0.4 is 4.74 Å². The molecule has 5 aromatic rings. The number of carbonyl (C=O) groups is 1. The molecule has 0 spiro atoms. The minimum Gasteiger partial charge on any atom is -0.478 e. The number of piperidine rings is 1. The highest BCUT2D eigenvalue weighted by Crippen LogP contribution is 2.30. The highest BCUT2D eigenvalue weighted by Gasteiger charge is 2.26. The van der Waals surface area contributed by atoms with Crippen LogP contribution in [0.15, 0.2) is 72.8 Å². The molecule has 0 bridgehead atoms. The predicted molar refractivity (Wildman–Crippen MR) is 166 cm³/mol. The van der Waals surface area contributed by atoms with Crippen molar-refractivity contribution in [2.45, 2.75) is 51.0 Å². The van der Waals surface area contributed by atoms with E-state index in [-0.39, 0.29) is 11.7 Å². The smallest absolute Gasteiger partial charge is 0.335 e. The Labute approximate surface area is 255 Å². The summed E-state index contributed by atoms with van der Waals surface area (Å²) >= 11 is 0. The number of hydrogen-bond acceptors (Lipinski definition) is 7. The summed E-state index contributed by atoms with van der Waals surface area (Å²) in [7, 11) is 0. The molecule has 2 aliphatic heterocycles. The number of imidazole rings is 1. The number of pyridine rings is 1. The molecule has 9 heteroatoms. The van der Waals surface area contributed by atoms with Gasteiger partial charge in [0.1, 0.15) is 12.4 Å². The molecule has 1 atom stereocenters. The molecule has 0 unspecified atom stereocenters. The van der Waals surface area contributed by atoms with Crippen molar-refractivity contribution in [3.05, 3.63) is 101 Å². The fourth-order valence-corrected chi connectivity index (χ4v) is 6.32. The van der Waals surface area contributed by atoms with E-state index in [1.807, 2.05) is 48.5 Å². The highest BCUT2D eigenvalue weighted by atomic mass is 16.5. The van der Waals surface area contributed by atoms with Crippen LogP contribution in [0.25, 0.3) is 21.8 Å². The van der Waals surface area contributed by atoms with Gasteiger partial charge in [-0.15, -0.1) is 0 Å². The minimum atomic E-state index is -0.936. The van der Waals surface area contributed by atoms with Gasteiger partial charge in [-0.1, -0.05) is 36.4 Å². The molecule has 1 N–H and O–H groups in total. The molecule has 44 heavy (non-hydrogen) atoms. The van der Waals surface area contributed by atoms with Gasteiger partial charge in [0.2, 0.25) is 5.88 Å². The summed E-state index contributed by atoms with van der Waals surface area (Å²) in [5.74, 6) is 0.950. The SMILES string of the molecule is N#Cc1ccc(COc2cccc(C3CCN(Cc4nc5ccc(C(=O)O)cc5n4C[C@@H]4CCO4)CC3)n2)c2ccccc12. The quantitative estimate of drug-likeness (QED) is 0.227. The number of carboxylic acid groups (broad SMARTS) is 1. The van der Waals surface area contributed by atoms with E-state index in [1.54, 1.807) is 18.2 Å². The first-order valence-corrected chi connectivity index (χ1v) is 15.1. The Kier molecular flexibility index (Phi) is 7.69. The van der Waals surface area contributed by atoms with Crippen molar-refractivity contribution in [1.29, 1.82) is 5.26 Å². The molecule has 0 saturated carbocycles. The van der Waals surface area contributed by atoms with E-state index < -0.39 is 5.97 Å². The lowest BCUT2D eigenvalue weighted by Gasteiger charge is -2.32. The van der Waals surface area contributed by atoms with E-state index in [1.165, 1.54) is 0 Å². The van der Waals surface area contributed by atoms with Crippen molar-refractivity contribution < 1.29 is 19.4 Å². The standard InChI is InChI=1S/C35H33N5O4/c36-19-25-8-9-26(29-5-2-1-4-28(25)29)22-44-34-7-3-6-30(38-34)23-12-15-39(16-13-23)21-33-37-31-11-10-24(35(41)42)18-32(31)40(33)20-27-14-17-43-27/h1-11,18,23,27H,12-17,20-22H2,(H,41,42)/t27-/m0/s1. The average Bonchev–Trinajstić information content (AvgIpc) is 3.37. The molecule has 2 fully saturated rings. The molecule has 2 aromatic heterocycles. The summed E-state index contributed by atoms with van der Waals surface area (Å²) in [6, 6.07) is 25.1. The van der Waals surface area contributed by atoms with Crippen molar-refractivity contribution in [1.82, 2.24) is 19.4 Å². The Hall–Kier alpha value is -4.78. The van der Waals surface area contributed by atoms with Gasteiger partial charge in [-0.2, -0.15) is 5.26 Å². The Morgan fingerprint density at radius 3 is 2.57 bits per heavy atom. The van der Waals surface area contributed by atoms with Crippen LogP contribution in [0.5, 0.6) is 5.88 Å². The van der Waals surface area contributed by atoms with Gasteiger partial charge >= 0.3 is 5.97 Å². The van der Waals surface area contributed by atoms with Gasteiger partial charge < -0.3 is 19.1 Å². The van der Waals surface area contributed by atoms with E-state index in [0.717, 1.165) is 77.8 Å². The third-order valence-electron chi connectivity index (χ3n) is 8.88. The first-order valence-electron chi connectivity index (χ1n) is 15.1. The lowest BCUT2D eigenvalue weighted by atomic mass is 9.93. The van der Waals surface area contributed by atoms with Crippen molar-refractivity contribution in [2.75, 3.05) is 19.7 Å². The van der Waals surface area contributed by atoms with Gasteiger partial charge in [-0.25, -0.2) is 14.8 Å². The van der Waals surface area contributed by atoms with E-state index in [0.29, 0.717) is 37.1 Å². The molecule has 0 radical (unpaired) electrons. The topological polar surface area (TPSA) is 114 Å². The van der Waals surface area contributed by atoms with Crippen molar-refractivity contribution in [3.8, 4) is 11.9 Å². The zero-order valence-electron chi connectivity index (χ0n) is 24.4. The van der Waals surface area contributed by atoms with Gasteiger partial charge in [0.15, 0.2) is 0 Å². The van der Waals surface area contributed by atoms with Crippen LogP contribution in [-0.4, -0.2) is 56.3 Å². The van der Waals surface area contributed by atoms with Crippen LogP contribution in [0.4, 0.5) is 0 Å².